The number of carbonyl (C=O) groups excluding carboxylic acids is 1. The molecule has 0 heterocycles. The van der Waals surface area contributed by atoms with Gasteiger partial charge in [-0.05, 0) is 36.2 Å². The van der Waals surface area contributed by atoms with Crippen molar-refractivity contribution in [3.8, 4) is 16.9 Å². The Morgan fingerprint density at radius 2 is 1.85 bits per heavy atom. The van der Waals surface area contributed by atoms with E-state index in [0.29, 0.717) is 16.9 Å². The van der Waals surface area contributed by atoms with Crippen molar-refractivity contribution >= 4 is 5.78 Å². The van der Waals surface area contributed by atoms with Gasteiger partial charge >= 0.3 is 0 Å². The van der Waals surface area contributed by atoms with Gasteiger partial charge in [-0.1, -0.05) is 24.3 Å². The van der Waals surface area contributed by atoms with E-state index in [1.54, 1.807) is 37.4 Å². The molecule has 1 unspecified atom stereocenters. The lowest BCUT2D eigenvalue weighted by molar-refractivity contribution is 0.101. The predicted octanol–water partition coefficient (Wildman–Crippen LogP) is 2.51. The quantitative estimate of drug-likeness (QED) is 0.662. The van der Waals surface area contributed by atoms with E-state index >= 15 is 0 Å². The fourth-order valence-corrected chi connectivity index (χ4v) is 2.01. The van der Waals surface area contributed by atoms with Gasteiger partial charge in [0.15, 0.2) is 5.78 Å². The van der Waals surface area contributed by atoms with Crippen molar-refractivity contribution in [1.82, 2.24) is 0 Å². The molecule has 0 saturated carbocycles. The summed E-state index contributed by atoms with van der Waals surface area (Å²) < 4.78 is 5.33. The van der Waals surface area contributed by atoms with Crippen LogP contribution in [0.25, 0.3) is 11.1 Å². The molecule has 0 fully saturated rings. The number of ether oxygens (including phenoxy) is 1. The summed E-state index contributed by atoms with van der Waals surface area (Å²) in [5.41, 5.74) is 8.40. The molecule has 2 aromatic rings. The monoisotopic (exact) mass is 271 g/mol. The second-order valence-electron chi connectivity index (χ2n) is 4.54. The molecular weight excluding hydrogens is 254 g/mol. The molecule has 4 nitrogen and oxygen atoms in total. The fraction of sp³-hybridized carbons (Fsp3) is 0.188. The molecule has 4 heteroatoms. The second-order valence-corrected chi connectivity index (χ2v) is 4.54. The molecule has 0 bridgehead atoms. The summed E-state index contributed by atoms with van der Waals surface area (Å²) >= 11 is 0. The van der Waals surface area contributed by atoms with Gasteiger partial charge < -0.3 is 15.6 Å². The van der Waals surface area contributed by atoms with Crippen molar-refractivity contribution in [3.05, 3.63) is 53.6 Å². The molecule has 20 heavy (non-hydrogen) atoms. The first-order chi connectivity index (χ1) is 9.52. The van der Waals surface area contributed by atoms with Crippen LogP contribution in [0.3, 0.4) is 0 Å². The number of aliphatic hydroxyl groups excluding tert-OH is 1. The van der Waals surface area contributed by atoms with Crippen LogP contribution in [-0.2, 0) is 0 Å². The minimum absolute atomic E-state index is 0.00269. The van der Waals surface area contributed by atoms with Gasteiger partial charge in [-0.2, -0.15) is 0 Å². The molecule has 0 aliphatic heterocycles. The lowest BCUT2D eigenvalue weighted by Gasteiger charge is -2.11. The van der Waals surface area contributed by atoms with Crippen LogP contribution in [0.5, 0.6) is 5.75 Å². The summed E-state index contributed by atoms with van der Waals surface area (Å²) in [6, 6.07) is 12.5. The maximum Gasteiger partial charge on any atom is 0.159 e. The van der Waals surface area contributed by atoms with Crippen molar-refractivity contribution in [2.75, 3.05) is 7.11 Å². The van der Waals surface area contributed by atoms with E-state index in [4.69, 9.17) is 10.5 Å². The number of methoxy groups -OCH3 is 1. The van der Waals surface area contributed by atoms with E-state index in [1.807, 2.05) is 12.1 Å². The number of aliphatic hydroxyl groups is 1. The fourth-order valence-electron chi connectivity index (χ4n) is 2.01. The molecule has 2 aromatic carbocycles. The smallest absolute Gasteiger partial charge is 0.159 e. The number of benzene rings is 2. The van der Waals surface area contributed by atoms with Crippen LogP contribution in [0.4, 0.5) is 0 Å². The van der Waals surface area contributed by atoms with Crippen LogP contribution >= 0.6 is 0 Å². The van der Waals surface area contributed by atoms with Crippen molar-refractivity contribution in [2.24, 2.45) is 5.73 Å². The molecule has 0 aliphatic carbocycles. The number of nitrogens with two attached hydrogens (primary N) is 1. The van der Waals surface area contributed by atoms with Gasteiger partial charge in [-0.3, -0.25) is 4.79 Å². The Labute approximate surface area is 117 Å². The molecule has 104 valence electrons. The van der Waals surface area contributed by atoms with E-state index < -0.39 is 6.23 Å². The van der Waals surface area contributed by atoms with Crippen molar-refractivity contribution in [3.63, 3.8) is 0 Å². The van der Waals surface area contributed by atoms with E-state index in [1.165, 1.54) is 6.92 Å². The molecule has 0 aromatic heterocycles. The molecule has 2 rings (SSSR count). The normalized spacial score (nSPS) is 12.0. The van der Waals surface area contributed by atoms with Gasteiger partial charge in [0, 0.05) is 11.1 Å². The average Bonchev–Trinajstić information content (AvgIpc) is 2.46. The SMILES string of the molecule is COc1ccc(C(C)=O)cc1-c1ccc(C(N)O)cc1. The van der Waals surface area contributed by atoms with E-state index in [9.17, 15) is 9.90 Å². The zero-order valence-corrected chi connectivity index (χ0v) is 11.5. The topological polar surface area (TPSA) is 72.5 Å². The van der Waals surface area contributed by atoms with Gasteiger partial charge in [-0.25, -0.2) is 0 Å². The number of carbonyl (C=O) groups is 1. The van der Waals surface area contributed by atoms with E-state index in [0.717, 1.165) is 11.1 Å². The molecule has 0 saturated heterocycles. The zero-order chi connectivity index (χ0) is 14.7. The van der Waals surface area contributed by atoms with Gasteiger partial charge in [0.05, 0.1) is 7.11 Å². The molecule has 1 atom stereocenters. The van der Waals surface area contributed by atoms with Crippen molar-refractivity contribution in [2.45, 2.75) is 13.2 Å². The van der Waals surface area contributed by atoms with E-state index in [-0.39, 0.29) is 5.78 Å². The number of rotatable bonds is 4. The van der Waals surface area contributed by atoms with Gasteiger partial charge in [0.1, 0.15) is 12.0 Å². The molecular formula is C16H17NO3. The lowest BCUT2D eigenvalue weighted by Crippen LogP contribution is -2.07. The van der Waals surface area contributed by atoms with Gasteiger partial charge in [-0.15, -0.1) is 0 Å². The summed E-state index contributed by atoms with van der Waals surface area (Å²) in [6.45, 7) is 1.53. The van der Waals surface area contributed by atoms with Crippen molar-refractivity contribution < 1.29 is 14.6 Å². The highest BCUT2D eigenvalue weighted by molar-refractivity contribution is 5.96. The molecule has 0 spiro atoms. The average molecular weight is 271 g/mol. The highest BCUT2D eigenvalue weighted by atomic mass is 16.5. The first kappa shape index (κ1) is 14.2. The number of Topliss-reactive ketones (excluding diaryl/α,β-unsaturated/α-hetero) is 1. The Hall–Kier alpha value is -2.17. The third kappa shape index (κ3) is 2.87. The van der Waals surface area contributed by atoms with Gasteiger partial charge in [0.2, 0.25) is 0 Å². The summed E-state index contributed by atoms with van der Waals surface area (Å²) in [5, 5.41) is 9.31. The molecule has 3 N–H and O–H groups in total. The minimum atomic E-state index is -0.991. The summed E-state index contributed by atoms with van der Waals surface area (Å²) in [6.07, 6.45) is -0.991. The third-order valence-electron chi connectivity index (χ3n) is 3.17. The Balaban J connectivity index is 2.49. The largest absolute Gasteiger partial charge is 0.496 e. The van der Waals surface area contributed by atoms with Crippen LogP contribution in [0.2, 0.25) is 0 Å². The highest BCUT2D eigenvalue weighted by Gasteiger charge is 2.10. The molecule has 0 amide bonds. The molecule has 0 aliphatic rings. The zero-order valence-electron chi connectivity index (χ0n) is 11.5. The standard InChI is InChI=1S/C16H17NO3/c1-10(18)13-7-8-15(20-2)14(9-13)11-3-5-12(6-4-11)16(17)19/h3-9,16,19H,17H2,1-2H3. The first-order valence-electron chi connectivity index (χ1n) is 6.26. The summed E-state index contributed by atoms with van der Waals surface area (Å²) in [5.74, 6) is 0.693. The van der Waals surface area contributed by atoms with Crippen LogP contribution < -0.4 is 10.5 Å². The maximum atomic E-state index is 11.5. The van der Waals surface area contributed by atoms with E-state index in [2.05, 4.69) is 0 Å². The van der Waals surface area contributed by atoms with Crippen LogP contribution in [0.15, 0.2) is 42.5 Å². The van der Waals surface area contributed by atoms with Crippen LogP contribution in [-0.4, -0.2) is 18.0 Å². The third-order valence-corrected chi connectivity index (χ3v) is 3.17. The number of hydrogen-bond donors (Lipinski definition) is 2. The highest BCUT2D eigenvalue weighted by Crippen LogP contribution is 2.31. The number of hydrogen-bond acceptors (Lipinski definition) is 4. The molecule has 0 radical (unpaired) electrons. The summed E-state index contributed by atoms with van der Waals surface area (Å²) in [4.78, 5) is 11.5. The number of ketones is 1. The van der Waals surface area contributed by atoms with Crippen molar-refractivity contribution in [1.29, 1.82) is 0 Å². The summed E-state index contributed by atoms with van der Waals surface area (Å²) in [7, 11) is 1.59. The van der Waals surface area contributed by atoms with Gasteiger partial charge in [0.25, 0.3) is 0 Å². The Kier molecular flexibility index (Phi) is 4.17. The Morgan fingerprint density at radius 3 is 2.35 bits per heavy atom. The predicted molar refractivity (Wildman–Crippen MR) is 77.6 cm³/mol. The first-order valence-corrected chi connectivity index (χ1v) is 6.26. The minimum Gasteiger partial charge on any atom is -0.496 e. The maximum absolute atomic E-state index is 11.5. The Bertz CT molecular complexity index is 618. The van der Waals surface area contributed by atoms with Crippen LogP contribution in [0, 0.1) is 0 Å². The van der Waals surface area contributed by atoms with Crippen LogP contribution in [0.1, 0.15) is 29.1 Å². The Morgan fingerprint density at radius 1 is 1.20 bits per heavy atom. The lowest BCUT2D eigenvalue weighted by atomic mass is 9.99. The second kappa shape index (κ2) is 5.86.